The molecule has 0 amide bonds. The van der Waals surface area contributed by atoms with Crippen LogP contribution in [-0.2, 0) is 4.74 Å². The van der Waals surface area contributed by atoms with Crippen LogP contribution in [0.5, 0.6) is 5.75 Å². The van der Waals surface area contributed by atoms with E-state index < -0.39 is 11.6 Å². The molecule has 1 rings (SSSR count). The first-order valence-corrected chi connectivity index (χ1v) is 5.82. The average Bonchev–Trinajstić information content (AvgIpc) is 2.27. The first kappa shape index (κ1) is 14.2. The number of carbonyl (C=O) groups excluding carboxylic acids is 2. The predicted octanol–water partition coefficient (Wildman–Crippen LogP) is 2.85. The van der Waals surface area contributed by atoms with Crippen molar-refractivity contribution in [2.45, 2.75) is 33.3 Å². The van der Waals surface area contributed by atoms with E-state index in [9.17, 15) is 9.59 Å². The number of rotatable bonds is 4. The molecule has 1 aromatic carbocycles. The van der Waals surface area contributed by atoms with E-state index in [1.165, 1.54) is 6.07 Å². The first-order chi connectivity index (χ1) is 8.37. The number of benzene rings is 1. The highest BCUT2D eigenvalue weighted by Crippen LogP contribution is 2.23. The molecular weight excluding hydrogens is 232 g/mol. The SMILES string of the molecule is CCOc1ccc(C=O)cc1C(=O)OC(C)(C)C. The Balaban J connectivity index is 3.10. The van der Waals surface area contributed by atoms with Gasteiger partial charge in [0.25, 0.3) is 0 Å². The van der Waals surface area contributed by atoms with Gasteiger partial charge in [-0.2, -0.15) is 0 Å². The van der Waals surface area contributed by atoms with Crippen LogP contribution in [0.4, 0.5) is 0 Å². The van der Waals surface area contributed by atoms with Crippen LogP contribution in [0, 0.1) is 0 Å². The Hall–Kier alpha value is -1.84. The smallest absolute Gasteiger partial charge is 0.342 e. The minimum Gasteiger partial charge on any atom is -0.493 e. The lowest BCUT2D eigenvalue weighted by molar-refractivity contribution is 0.00660. The topological polar surface area (TPSA) is 52.6 Å². The Morgan fingerprint density at radius 2 is 2.00 bits per heavy atom. The molecule has 0 radical (unpaired) electrons. The summed E-state index contributed by atoms with van der Waals surface area (Å²) in [6, 6.07) is 4.68. The monoisotopic (exact) mass is 250 g/mol. The summed E-state index contributed by atoms with van der Waals surface area (Å²) in [7, 11) is 0. The second-order valence-corrected chi connectivity index (χ2v) is 4.81. The highest BCUT2D eigenvalue weighted by Gasteiger charge is 2.21. The molecule has 0 atom stereocenters. The van der Waals surface area contributed by atoms with E-state index in [1.54, 1.807) is 32.9 Å². The van der Waals surface area contributed by atoms with Crippen LogP contribution in [0.25, 0.3) is 0 Å². The second kappa shape index (κ2) is 5.67. The molecule has 0 aliphatic heterocycles. The van der Waals surface area contributed by atoms with Gasteiger partial charge < -0.3 is 9.47 Å². The Morgan fingerprint density at radius 3 is 2.50 bits per heavy atom. The number of ether oxygens (including phenoxy) is 2. The van der Waals surface area contributed by atoms with Gasteiger partial charge in [-0.1, -0.05) is 0 Å². The average molecular weight is 250 g/mol. The third kappa shape index (κ3) is 3.87. The van der Waals surface area contributed by atoms with Crippen LogP contribution in [0.15, 0.2) is 18.2 Å². The van der Waals surface area contributed by atoms with E-state index in [2.05, 4.69) is 0 Å². The molecule has 0 aliphatic carbocycles. The van der Waals surface area contributed by atoms with Crippen molar-refractivity contribution in [3.05, 3.63) is 29.3 Å². The third-order valence-electron chi connectivity index (χ3n) is 2.06. The Morgan fingerprint density at radius 1 is 1.33 bits per heavy atom. The van der Waals surface area contributed by atoms with Crippen molar-refractivity contribution in [3.63, 3.8) is 0 Å². The van der Waals surface area contributed by atoms with Gasteiger partial charge in [-0.25, -0.2) is 4.79 Å². The summed E-state index contributed by atoms with van der Waals surface area (Å²) in [5.74, 6) is -0.0630. The van der Waals surface area contributed by atoms with Gasteiger partial charge in [0.05, 0.1) is 6.61 Å². The number of aldehydes is 1. The van der Waals surface area contributed by atoms with E-state index in [0.29, 0.717) is 24.2 Å². The number of carbonyl (C=O) groups is 2. The zero-order valence-corrected chi connectivity index (χ0v) is 11.1. The maximum Gasteiger partial charge on any atom is 0.342 e. The van der Waals surface area contributed by atoms with Crippen LogP contribution >= 0.6 is 0 Å². The van der Waals surface area contributed by atoms with Crippen LogP contribution in [0.1, 0.15) is 48.4 Å². The highest BCUT2D eigenvalue weighted by molar-refractivity contribution is 5.94. The van der Waals surface area contributed by atoms with Crippen molar-refractivity contribution in [1.29, 1.82) is 0 Å². The second-order valence-electron chi connectivity index (χ2n) is 4.81. The summed E-state index contributed by atoms with van der Waals surface area (Å²) in [5.41, 5.74) is 0.105. The zero-order chi connectivity index (χ0) is 13.8. The fraction of sp³-hybridized carbons (Fsp3) is 0.429. The third-order valence-corrected chi connectivity index (χ3v) is 2.06. The standard InChI is InChI=1S/C14H18O4/c1-5-17-12-7-6-10(9-15)8-11(12)13(16)18-14(2,3)4/h6-9H,5H2,1-4H3. The Bertz CT molecular complexity index is 444. The molecule has 18 heavy (non-hydrogen) atoms. The first-order valence-electron chi connectivity index (χ1n) is 5.82. The van der Waals surface area contributed by atoms with Gasteiger partial charge in [0, 0.05) is 5.56 Å². The summed E-state index contributed by atoms with van der Waals surface area (Å²) in [6.45, 7) is 7.63. The molecule has 0 bridgehead atoms. The molecule has 0 heterocycles. The van der Waals surface area contributed by atoms with Crippen molar-refractivity contribution < 1.29 is 19.1 Å². The fourth-order valence-corrected chi connectivity index (χ4v) is 1.39. The normalized spacial score (nSPS) is 10.9. The summed E-state index contributed by atoms with van der Waals surface area (Å²) in [4.78, 5) is 22.7. The molecule has 0 aromatic heterocycles. The maximum absolute atomic E-state index is 12.0. The summed E-state index contributed by atoms with van der Waals surface area (Å²) in [5, 5.41) is 0. The van der Waals surface area contributed by atoms with Gasteiger partial charge in [0.15, 0.2) is 0 Å². The maximum atomic E-state index is 12.0. The van der Waals surface area contributed by atoms with Crippen molar-refractivity contribution in [1.82, 2.24) is 0 Å². The number of hydrogen-bond acceptors (Lipinski definition) is 4. The zero-order valence-electron chi connectivity index (χ0n) is 11.1. The molecule has 0 N–H and O–H groups in total. The quantitative estimate of drug-likeness (QED) is 0.609. The Kier molecular flexibility index (Phi) is 4.48. The number of esters is 1. The predicted molar refractivity (Wildman–Crippen MR) is 68.2 cm³/mol. The summed E-state index contributed by atoms with van der Waals surface area (Å²) >= 11 is 0. The van der Waals surface area contributed by atoms with Gasteiger partial charge in [-0.15, -0.1) is 0 Å². The van der Waals surface area contributed by atoms with Crippen molar-refractivity contribution >= 4 is 12.3 Å². The molecule has 0 fully saturated rings. The molecule has 0 spiro atoms. The molecule has 98 valence electrons. The molecular formula is C14H18O4. The van der Waals surface area contributed by atoms with Gasteiger partial charge in [-0.3, -0.25) is 4.79 Å². The van der Waals surface area contributed by atoms with Crippen molar-refractivity contribution in [3.8, 4) is 5.75 Å². The van der Waals surface area contributed by atoms with Crippen LogP contribution < -0.4 is 4.74 Å². The molecule has 1 aromatic rings. The van der Waals surface area contributed by atoms with Gasteiger partial charge >= 0.3 is 5.97 Å². The molecule has 0 saturated heterocycles. The number of hydrogen-bond donors (Lipinski definition) is 0. The van der Waals surface area contributed by atoms with E-state index >= 15 is 0 Å². The van der Waals surface area contributed by atoms with Gasteiger partial charge in [-0.05, 0) is 45.9 Å². The molecule has 4 nitrogen and oxygen atoms in total. The fourth-order valence-electron chi connectivity index (χ4n) is 1.39. The molecule has 4 heteroatoms. The lowest BCUT2D eigenvalue weighted by Crippen LogP contribution is -2.24. The van der Waals surface area contributed by atoms with Crippen molar-refractivity contribution in [2.24, 2.45) is 0 Å². The minimum absolute atomic E-state index is 0.274. The Labute approximate surface area is 107 Å². The van der Waals surface area contributed by atoms with Crippen LogP contribution in [0.2, 0.25) is 0 Å². The van der Waals surface area contributed by atoms with E-state index in [1.807, 2.05) is 6.92 Å². The van der Waals surface area contributed by atoms with Crippen LogP contribution in [-0.4, -0.2) is 24.5 Å². The van der Waals surface area contributed by atoms with Crippen LogP contribution in [0.3, 0.4) is 0 Å². The van der Waals surface area contributed by atoms with E-state index in [0.717, 1.165) is 0 Å². The van der Waals surface area contributed by atoms with E-state index in [4.69, 9.17) is 9.47 Å². The largest absolute Gasteiger partial charge is 0.493 e. The summed E-state index contributed by atoms with van der Waals surface area (Å²) in [6.07, 6.45) is 0.684. The summed E-state index contributed by atoms with van der Waals surface area (Å²) < 4.78 is 10.6. The lowest BCUT2D eigenvalue weighted by Gasteiger charge is -2.20. The van der Waals surface area contributed by atoms with Gasteiger partial charge in [0.2, 0.25) is 0 Å². The molecule has 0 unspecified atom stereocenters. The molecule has 0 aliphatic rings. The minimum atomic E-state index is -0.586. The van der Waals surface area contributed by atoms with Crippen molar-refractivity contribution in [2.75, 3.05) is 6.61 Å². The lowest BCUT2D eigenvalue weighted by atomic mass is 10.1. The molecule has 0 saturated carbocycles. The van der Waals surface area contributed by atoms with Gasteiger partial charge in [0.1, 0.15) is 23.2 Å². The highest BCUT2D eigenvalue weighted by atomic mass is 16.6. The van der Waals surface area contributed by atoms with E-state index in [-0.39, 0.29) is 5.56 Å².